The van der Waals surface area contributed by atoms with Gasteiger partial charge in [0.15, 0.2) is 0 Å². The Morgan fingerprint density at radius 1 is 1.13 bits per heavy atom. The zero-order chi connectivity index (χ0) is 11.7. The van der Waals surface area contributed by atoms with Crippen molar-refractivity contribution in [2.45, 2.75) is 72.4 Å². The van der Waals surface area contributed by atoms with Crippen LogP contribution in [0.25, 0.3) is 0 Å². The van der Waals surface area contributed by atoms with Gasteiger partial charge in [-0.25, -0.2) is 0 Å². The van der Waals surface area contributed by atoms with Gasteiger partial charge in [0.1, 0.15) is 0 Å². The summed E-state index contributed by atoms with van der Waals surface area (Å²) in [6, 6.07) is 0.628. The lowest BCUT2D eigenvalue weighted by atomic mass is 9.71. The summed E-state index contributed by atoms with van der Waals surface area (Å²) in [6.07, 6.45) is 3.94. The van der Waals surface area contributed by atoms with Crippen LogP contribution in [0.3, 0.4) is 0 Å². The summed E-state index contributed by atoms with van der Waals surface area (Å²) >= 11 is 0. The second-order valence-corrected chi connectivity index (χ2v) is 7.13. The lowest BCUT2D eigenvalue weighted by Gasteiger charge is -2.40. The molecule has 2 unspecified atom stereocenters. The average molecular weight is 212 g/mol. The number of hydrazine groups is 1. The van der Waals surface area contributed by atoms with Crippen LogP contribution < -0.4 is 10.9 Å². The highest BCUT2D eigenvalue weighted by Crippen LogP contribution is 2.38. The third kappa shape index (κ3) is 4.98. The molecule has 2 atom stereocenters. The zero-order valence-electron chi connectivity index (χ0n) is 11.3. The molecule has 0 saturated heterocycles. The molecule has 90 valence electrons. The molecule has 0 spiro atoms. The lowest BCUT2D eigenvalue weighted by Crippen LogP contribution is -2.53. The van der Waals surface area contributed by atoms with E-state index in [9.17, 15) is 0 Å². The zero-order valence-corrected chi connectivity index (χ0v) is 11.3. The predicted octanol–water partition coefficient (Wildman–Crippen LogP) is 3.09. The Hall–Kier alpha value is -0.0800. The van der Waals surface area contributed by atoms with Crippen molar-refractivity contribution in [3.05, 3.63) is 0 Å². The molecule has 0 amide bonds. The minimum atomic E-state index is 0.158. The fraction of sp³-hybridized carbons (Fsp3) is 1.00. The van der Waals surface area contributed by atoms with Crippen LogP contribution in [0.15, 0.2) is 0 Å². The van der Waals surface area contributed by atoms with Crippen molar-refractivity contribution in [1.29, 1.82) is 0 Å². The molecule has 0 bridgehead atoms. The van der Waals surface area contributed by atoms with Crippen molar-refractivity contribution in [3.63, 3.8) is 0 Å². The van der Waals surface area contributed by atoms with Gasteiger partial charge in [-0.1, -0.05) is 20.8 Å². The summed E-state index contributed by atoms with van der Waals surface area (Å²) in [5, 5.41) is 0. The van der Waals surface area contributed by atoms with Gasteiger partial charge in [0, 0.05) is 11.6 Å². The first-order valence-electron chi connectivity index (χ1n) is 6.21. The molecule has 0 aromatic carbocycles. The maximum absolute atomic E-state index is 3.50. The Kier molecular flexibility index (Phi) is 3.83. The molecule has 2 N–H and O–H groups in total. The van der Waals surface area contributed by atoms with Gasteiger partial charge < -0.3 is 0 Å². The average Bonchev–Trinajstić information content (AvgIpc) is 1.95. The summed E-state index contributed by atoms with van der Waals surface area (Å²) in [5.74, 6) is 0.841. The molecule has 2 nitrogen and oxygen atoms in total. The Morgan fingerprint density at radius 3 is 2.20 bits per heavy atom. The van der Waals surface area contributed by atoms with E-state index in [1.54, 1.807) is 0 Å². The van der Waals surface area contributed by atoms with Crippen LogP contribution in [0.4, 0.5) is 0 Å². The van der Waals surface area contributed by atoms with Gasteiger partial charge in [-0.3, -0.25) is 10.9 Å². The van der Waals surface area contributed by atoms with Crippen molar-refractivity contribution < 1.29 is 0 Å². The van der Waals surface area contributed by atoms with Crippen LogP contribution in [0.5, 0.6) is 0 Å². The van der Waals surface area contributed by atoms with Gasteiger partial charge in [-0.05, 0) is 51.4 Å². The Balaban J connectivity index is 2.42. The third-order valence-corrected chi connectivity index (χ3v) is 3.04. The first kappa shape index (κ1) is 13.0. The molecule has 0 radical (unpaired) electrons. The summed E-state index contributed by atoms with van der Waals surface area (Å²) in [4.78, 5) is 0. The molecule has 2 heteroatoms. The van der Waals surface area contributed by atoms with Crippen molar-refractivity contribution >= 4 is 0 Å². The second kappa shape index (κ2) is 4.42. The SMILES string of the molecule is CC1CC(NNC(C)(C)C)CC(C)(C)C1. The highest BCUT2D eigenvalue weighted by Gasteiger charge is 2.32. The maximum atomic E-state index is 3.50. The van der Waals surface area contributed by atoms with Crippen molar-refractivity contribution in [2.24, 2.45) is 11.3 Å². The van der Waals surface area contributed by atoms with E-state index in [1.165, 1.54) is 19.3 Å². The minimum Gasteiger partial charge on any atom is -0.254 e. The van der Waals surface area contributed by atoms with Crippen LogP contribution in [0, 0.1) is 11.3 Å². The standard InChI is InChI=1S/C13H28N2/c1-10-7-11(9-13(5,6)8-10)14-15-12(2,3)4/h10-11,14-15H,7-9H2,1-6H3. The van der Waals surface area contributed by atoms with E-state index < -0.39 is 0 Å². The maximum Gasteiger partial charge on any atom is 0.0239 e. The molecule has 1 aliphatic rings. The molecule has 1 saturated carbocycles. The molecule has 0 aliphatic heterocycles. The van der Waals surface area contributed by atoms with E-state index in [0.717, 1.165) is 5.92 Å². The van der Waals surface area contributed by atoms with E-state index in [0.29, 0.717) is 11.5 Å². The fourth-order valence-corrected chi connectivity index (χ4v) is 2.77. The summed E-state index contributed by atoms with van der Waals surface area (Å²) < 4.78 is 0. The van der Waals surface area contributed by atoms with Gasteiger partial charge in [0.05, 0.1) is 0 Å². The Labute approximate surface area is 95.2 Å². The highest BCUT2D eigenvalue weighted by atomic mass is 15.4. The van der Waals surface area contributed by atoms with Gasteiger partial charge in [-0.2, -0.15) is 0 Å². The van der Waals surface area contributed by atoms with E-state index in [1.807, 2.05) is 0 Å². The van der Waals surface area contributed by atoms with Gasteiger partial charge >= 0.3 is 0 Å². The topological polar surface area (TPSA) is 24.1 Å². The Bertz CT molecular complexity index is 203. The van der Waals surface area contributed by atoms with E-state index in [-0.39, 0.29) is 5.54 Å². The van der Waals surface area contributed by atoms with Crippen molar-refractivity contribution in [1.82, 2.24) is 10.9 Å². The molecule has 15 heavy (non-hydrogen) atoms. The number of hydrogen-bond acceptors (Lipinski definition) is 2. The quantitative estimate of drug-likeness (QED) is 0.687. The first-order valence-corrected chi connectivity index (χ1v) is 6.21. The van der Waals surface area contributed by atoms with Crippen LogP contribution in [-0.4, -0.2) is 11.6 Å². The van der Waals surface area contributed by atoms with E-state index in [4.69, 9.17) is 0 Å². The molecular weight excluding hydrogens is 184 g/mol. The van der Waals surface area contributed by atoms with Crippen LogP contribution in [0.2, 0.25) is 0 Å². The Morgan fingerprint density at radius 2 is 1.73 bits per heavy atom. The molecule has 1 fully saturated rings. The summed E-state index contributed by atoms with van der Waals surface area (Å²) in [5.41, 5.74) is 7.55. The molecule has 0 aromatic heterocycles. The smallest absolute Gasteiger partial charge is 0.0239 e. The monoisotopic (exact) mass is 212 g/mol. The van der Waals surface area contributed by atoms with Crippen molar-refractivity contribution in [2.75, 3.05) is 0 Å². The van der Waals surface area contributed by atoms with Crippen molar-refractivity contribution in [3.8, 4) is 0 Å². The number of hydrogen-bond donors (Lipinski definition) is 2. The molecule has 1 rings (SSSR count). The molecular formula is C13H28N2. The van der Waals surface area contributed by atoms with E-state index >= 15 is 0 Å². The van der Waals surface area contributed by atoms with Gasteiger partial charge in [-0.15, -0.1) is 0 Å². The molecule has 0 aromatic rings. The molecule has 0 heterocycles. The molecule has 1 aliphatic carbocycles. The van der Waals surface area contributed by atoms with Gasteiger partial charge in [0.25, 0.3) is 0 Å². The first-order chi connectivity index (χ1) is 6.68. The minimum absolute atomic E-state index is 0.158. The third-order valence-electron chi connectivity index (χ3n) is 3.04. The lowest BCUT2D eigenvalue weighted by molar-refractivity contribution is 0.133. The number of nitrogens with one attached hydrogen (secondary N) is 2. The fourth-order valence-electron chi connectivity index (χ4n) is 2.77. The van der Waals surface area contributed by atoms with Crippen LogP contribution in [0.1, 0.15) is 60.8 Å². The van der Waals surface area contributed by atoms with Crippen LogP contribution >= 0.6 is 0 Å². The normalized spacial score (nSPS) is 31.6. The van der Waals surface area contributed by atoms with Gasteiger partial charge in [0.2, 0.25) is 0 Å². The number of rotatable bonds is 2. The summed E-state index contributed by atoms with van der Waals surface area (Å²) in [7, 11) is 0. The van der Waals surface area contributed by atoms with E-state index in [2.05, 4.69) is 52.4 Å². The largest absolute Gasteiger partial charge is 0.254 e. The predicted molar refractivity (Wildman–Crippen MR) is 66.6 cm³/mol. The van der Waals surface area contributed by atoms with Crippen LogP contribution in [-0.2, 0) is 0 Å². The summed E-state index contributed by atoms with van der Waals surface area (Å²) in [6.45, 7) is 13.7. The second-order valence-electron chi connectivity index (χ2n) is 7.13. The highest BCUT2D eigenvalue weighted by molar-refractivity contribution is 4.86.